The third-order valence-electron chi connectivity index (χ3n) is 3.78. The predicted octanol–water partition coefficient (Wildman–Crippen LogP) is 3.30. The first kappa shape index (κ1) is 13.4. The van der Waals surface area contributed by atoms with Gasteiger partial charge in [-0.25, -0.2) is 4.98 Å². The molecule has 3 rings (SSSR count). The van der Waals surface area contributed by atoms with Crippen LogP contribution in [0.25, 0.3) is 11.0 Å². The number of benzene rings is 1. The zero-order valence-corrected chi connectivity index (χ0v) is 11.0. The number of aromatic amines is 1. The molecule has 1 aliphatic heterocycles. The standard InChI is InChI=1S/C14H16F3N3/c15-14(16,17)9-20-7-5-10(6-8-20)13-18-11-3-1-2-4-12(11)19-13/h1-4,10H,5-9H2,(H,18,19). The molecule has 2 aromatic rings. The molecule has 0 bridgehead atoms. The summed E-state index contributed by atoms with van der Waals surface area (Å²) < 4.78 is 37.0. The molecule has 0 aliphatic carbocycles. The van der Waals surface area contributed by atoms with Gasteiger partial charge in [0.05, 0.1) is 17.6 Å². The van der Waals surface area contributed by atoms with Crippen molar-refractivity contribution < 1.29 is 13.2 Å². The molecule has 0 spiro atoms. The van der Waals surface area contributed by atoms with Gasteiger partial charge in [-0.1, -0.05) is 12.1 Å². The topological polar surface area (TPSA) is 31.9 Å². The average Bonchev–Trinajstić information content (AvgIpc) is 2.81. The fraction of sp³-hybridized carbons (Fsp3) is 0.500. The van der Waals surface area contributed by atoms with Gasteiger partial charge in [0.1, 0.15) is 5.82 Å². The molecule has 1 aliphatic rings. The van der Waals surface area contributed by atoms with Crippen molar-refractivity contribution in [3.8, 4) is 0 Å². The maximum absolute atomic E-state index is 12.3. The van der Waals surface area contributed by atoms with Crippen LogP contribution in [0, 0.1) is 0 Å². The number of H-pyrrole nitrogens is 1. The molecule has 0 saturated carbocycles. The maximum atomic E-state index is 12.3. The highest BCUT2D eigenvalue weighted by Gasteiger charge is 2.33. The summed E-state index contributed by atoms with van der Waals surface area (Å²) in [5, 5.41) is 0. The lowest BCUT2D eigenvalue weighted by atomic mass is 9.96. The summed E-state index contributed by atoms with van der Waals surface area (Å²) in [4.78, 5) is 9.29. The number of imidazole rings is 1. The molecule has 1 aromatic carbocycles. The number of fused-ring (bicyclic) bond motifs is 1. The minimum Gasteiger partial charge on any atom is -0.342 e. The molecule has 108 valence electrons. The van der Waals surface area contributed by atoms with Crippen LogP contribution in [0.1, 0.15) is 24.6 Å². The minimum atomic E-state index is -4.10. The van der Waals surface area contributed by atoms with Gasteiger partial charge in [-0.3, -0.25) is 4.90 Å². The molecule has 0 unspecified atom stereocenters. The number of para-hydroxylation sites is 2. The number of rotatable bonds is 2. The zero-order chi connectivity index (χ0) is 14.2. The number of aromatic nitrogens is 2. The molecule has 1 fully saturated rings. The van der Waals surface area contributed by atoms with E-state index in [1.54, 1.807) is 0 Å². The molecule has 0 atom stereocenters. The SMILES string of the molecule is FC(F)(F)CN1CCC(c2nc3ccccc3[nH]2)CC1. The van der Waals surface area contributed by atoms with Gasteiger partial charge in [-0.05, 0) is 38.1 Å². The minimum absolute atomic E-state index is 0.229. The van der Waals surface area contributed by atoms with E-state index >= 15 is 0 Å². The van der Waals surface area contributed by atoms with E-state index in [2.05, 4.69) is 9.97 Å². The van der Waals surface area contributed by atoms with Crippen LogP contribution in [0.3, 0.4) is 0 Å². The summed E-state index contributed by atoms with van der Waals surface area (Å²) in [6, 6.07) is 7.77. The van der Waals surface area contributed by atoms with Gasteiger partial charge in [0.2, 0.25) is 0 Å². The van der Waals surface area contributed by atoms with Crippen LogP contribution in [0.15, 0.2) is 24.3 Å². The second-order valence-corrected chi connectivity index (χ2v) is 5.30. The Hall–Kier alpha value is -1.56. The number of hydrogen-bond donors (Lipinski definition) is 1. The van der Waals surface area contributed by atoms with E-state index in [9.17, 15) is 13.2 Å². The van der Waals surface area contributed by atoms with Crippen molar-refractivity contribution in [2.75, 3.05) is 19.6 Å². The molecule has 2 heterocycles. The maximum Gasteiger partial charge on any atom is 0.401 e. The van der Waals surface area contributed by atoms with Gasteiger partial charge in [-0.2, -0.15) is 13.2 Å². The van der Waals surface area contributed by atoms with Gasteiger partial charge in [0.25, 0.3) is 0 Å². The molecule has 20 heavy (non-hydrogen) atoms. The van der Waals surface area contributed by atoms with E-state index in [0.717, 1.165) is 29.7 Å². The van der Waals surface area contributed by atoms with E-state index in [4.69, 9.17) is 0 Å². The first-order valence-corrected chi connectivity index (χ1v) is 6.75. The summed E-state index contributed by atoms with van der Waals surface area (Å²) in [5.74, 6) is 1.13. The van der Waals surface area contributed by atoms with Crippen molar-refractivity contribution in [1.82, 2.24) is 14.9 Å². The lowest BCUT2D eigenvalue weighted by molar-refractivity contribution is -0.148. The number of nitrogens with zero attached hydrogens (tertiary/aromatic N) is 2. The summed E-state index contributed by atoms with van der Waals surface area (Å²) >= 11 is 0. The largest absolute Gasteiger partial charge is 0.401 e. The number of likely N-dealkylation sites (tertiary alicyclic amines) is 1. The van der Waals surface area contributed by atoms with Gasteiger partial charge >= 0.3 is 6.18 Å². The lowest BCUT2D eigenvalue weighted by Gasteiger charge is -2.31. The van der Waals surface area contributed by atoms with Gasteiger partial charge in [0, 0.05) is 5.92 Å². The molecule has 0 radical (unpaired) electrons. The summed E-state index contributed by atoms with van der Waals surface area (Å²) in [6.45, 7) is 0.141. The molecule has 3 nitrogen and oxygen atoms in total. The van der Waals surface area contributed by atoms with Crippen molar-refractivity contribution >= 4 is 11.0 Å². The smallest absolute Gasteiger partial charge is 0.342 e. The van der Waals surface area contributed by atoms with Crippen LogP contribution in [0.5, 0.6) is 0 Å². The van der Waals surface area contributed by atoms with Crippen LogP contribution in [0.2, 0.25) is 0 Å². The van der Waals surface area contributed by atoms with Crippen LogP contribution >= 0.6 is 0 Å². The monoisotopic (exact) mass is 283 g/mol. The fourth-order valence-corrected chi connectivity index (χ4v) is 2.78. The van der Waals surface area contributed by atoms with Crippen LogP contribution in [-0.2, 0) is 0 Å². The Morgan fingerprint density at radius 3 is 2.55 bits per heavy atom. The van der Waals surface area contributed by atoms with Crippen molar-refractivity contribution in [2.45, 2.75) is 24.9 Å². The van der Waals surface area contributed by atoms with Crippen molar-refractivity contribution in [3.63, 3.8) is 0 Å². The first-order chi connectivity index (χ1) is 9.51. The first-order valence-electron chi connectivity index (χ1n) is 6.75. The Morgan fingerprint density at radius 2 is 1.90 bits per heavy atom. The predicted molar refractivity (Wildman–Crippen MR) is 70.6 cm³/mol. The average molecular weight is 283 g/mol. The van der Waals surface area contributed by atoms with E-state index < -0.39 is 12.7 Å². The third-order valence-corrected chi connectivity index (χ3v) is 3.78. The zero-order valence-electron chi connectivity index (χ0n) is 11.0. The second kappa shape index (κ2) is 5.09. The Kier molecular flexibility index (Phi) is 3.41. The Balaban J connectivity index is 1.66. The molecular formula is C14H16F3N3. The van der Waals surface area contributed by atoms with E-state index in [-0.39, 0.29) is 5.92 Å². The van der Waals surface area contributed by atoms with Gasteiger partial charge in [-0.15, -0.1) is 0 Å². The number of halogens is 3. The molecule has 1 saturated heterocycles. The van der Waals surface area contributed by atoms with Crippen LogP contribution in [0.4, 0.5) is 13.2 Å². The van der Waals surface area contributed by atoms with E-state index in [1.165, 1.54) is 4.90 Å². The third kappa shape index (κ3) is 2.95. The highest BCUT2D eigenvalue weighted by atomic mass is 19.4. The highest BCUT2D eigenvalue weighted by Crippen LogP contribution is 2.29. The highest BCUT2D eigenvalue weighted by molar-refractivity contribution is 5.74. The Labute approximate surface area is 114 Å². The summed E-state index contributed by atoms with van der Waals surface area (Å²) in [5.41, 5.74) is 1.90. The van der Waals surface area contributed by atoms with E-state index in [0.29, 0.717) is 13.1 Å². The summed E-state index contributed by atoms with van der Waals surface area (Å²) in [7, 11) is 0. The fourth-order valence-electron chi connectivity index (χ4n) is 2.78. The van der Waals surface area contributed by atoms with Gasteiger partial charge in [0.15, 0.2) is 0 Å². The molecule has 1 N–H and O–H groups in total. The van der Waals surface area contributed by atoms with Crippen molar-refractivity contribution in [3.05, 3.63) is 30.1 Å². The Bertz CT molecular complexity index is 550. The molecule has 6 heteroatoms. The quantitative estimate of drug-likeness (QED) is 0.917. The number of alkyl halides is 3. The molecular weight excluding hydrogens is 267 g/mol. The van der Waals surface area contributed by atoms with Gasteiger partial charge < -0.3 is 4.98 Å². The molecule has 0 amide bonds. The van der Waals surface area contributed by atoms with Crippen LogP contribution < -0.4 is 0 Å². The van der Waals surface area contributed by atoms with Crippen molar-refractivity contribution in [1.29, 1.82) is 0 Å². The lowest BCUT2D eigenvalue weighted by Crippen LogP contribution is -2.39. The number of nitrogens with one attached hydrogen (secondary N) is 1. The van der Waals surface area contributed by atoms with Crippen molar-refractivity contribution in [2.24, 2.45) is 0 Å². The summed E-state index contributed by atoms with van der Waals surface area (Å²) in [6.07, 6.45) is -2.67. The molecule has 1 aromatic heterocycles. The van der Waals surface area contributed by atoms with E-state index in [1.807, 2.05) is 24.3 Å². The normalized spacial score (nSPS) is 18.8. The number of hydrogen-bond acceptors (Lipinski definition) is 2. The van der Waals surface area contributed by atoms with Crippen LogP contribution in [-0.4, -0.2) is 40.7 Å². The Morgan fingerprint density at radius 1 is 1.20 bits per heavy atom. The number of piperidine rings is 1. The second-order valence-electron chi connectivity index (χ2n) is 5.30.